The second-order valence-electron chi connectivity index (χ2n) is 28.1. The molecular weight excluding hydrogens is 1090 g/mol. The Bertz CT molecular complexity index is 1440. The number of hydrogen-bond acceptors (Lipinski definition) is 5. The number of amides is 1. The molecule has 0 heterocycles. The Labute approximate surface area is 557 Å². The molecule has 0 aromatic rings. The lowest BCUT2D eigenvalue weighted by molar-refractivity contribution is -0.143. The molecule has 0 spiro atoms. The van der Waals surface area contributed by atoms with E-state index in [4.69, 9.17) is 4.74 Å². The SMILES string of the molecule is CCCCCCC/C=C\CCCCCCCC(=O)OCCCCCCCCCCCCCCCC/C=C\CCCCCCCCCCCCCCCCCCCC(=O)NC(CO)C(O)/C=C/CCCCCCCCCCCCCCCCCCCCCCC. The quantitative estimate of drug-likeness (QED) is 0.0320. The second kappa shape index (κ2) is 78.5. The smallest absolute Gasteiger partial charge is 0.305 e. The third kappa shape index (κ3) is 75.0. The van der Waals surface area contributed by atoms with Gasteiger partial charge in [0.25, 0.3) is 0 Å². The van der Waals surface area contributed by atoms with E-state index in [2.05, 4.69) is 43.5 Å². The van der Waals surface area contributed by atoms with E-state index >= 15 is 0 Å². The summed E-state index contributed by atoms with van der Waals surface area (Å²) in [5.41, 5.74) is 0. The number of nitrogens with one attached hydrogen (secondary N) is 1. The first kappa shape index (κ1) is 87.1. The van der Waals surface area contributed by atoms with Crippen molar-refractivity contribution in [2.45, 2.75) is 469 Å². The molecule has 526 valence electrons. The van der Waals surface area contributed by atoms with E-state index in [0.717, 1.165) is 44.9 Å². The van der Waals surface area contributed by atoms with Crippen LogP contribution in [0.25, 0.3) is 0 Å². The number of allylic oxidation sites excluding steroid dienone is 5. The topological polar surface area (TPSA) is 95.9 Å². The van der Waals surface area contributed by atoms with E-state index in [1.165, 1.54) is 385 Å². The molecule has 0 aliphatic carbocycles. The summed E-state index contributed by atoms with van der Waals surface area (Å²) in [6, 6.07) is -0.627. The Balaban J connectivity index is 3.37. The molecule has 0 aliphatic rings. The highest BCUT2D eigenvalue weighted by molar-refractivity contribution is 5.76. The molecule has 0 aromatic heterocycles. The lowest BCUT2D eigenvalue weighted by atomic mass is 10.0. The van der Waals surface area contributed by atoms with Crippen LogP contribution in [0.4, 0.5) is 0 Å². The summed E-state index contributed by atoms with van der Waals surface area (Å²) >= 11 is 0. The highest BCUT2D eigenvalue weighted by Crippen LogP contribution is 2.20. The van der Waals surface area contributed by atoms with Crippen LogP contribution in [-0.2, 0) is 14.3 Å². The van der Waals surface area contributed by atoms with Gasteiger partial charge >= 0.3 is 5.97 Å². The summed E-state index contributed by atoms with van der Waals surface area (Å²) < 4.78 is 5.49. The zero-order valence-corrected chi connectivity index (χ0v) is 60.4. The number of ether oxygens (including phenoxy) is 1. The lowest BCUT2D eigenvalue weighted by Gasteiger charge is -2.20. The van der Waals surface area contributed by atoms with Crippen LogP contribution >= 0.6 is 0 Å². The fourth-order valence-corrected chi connectivity index (χ4v) is 12.9. The maximum Gasteiger partial charge on any atom is 0.305 e. The first-order valence-corrected chi connectivity index (χ1v) is 40.8. The third-order valence-electron chi connectivity index (χ3n) is 19.1. The molecule has 2 unspecified atom stereocenters. The van der Waals surface area contributed by atoms with Gasteiger partial charge in [-0.15, -0.1) is 0 Å². The third-order valence-corrected chi connectivity index (χ3v) is 19.1. The zero-order valence-electron chi connectivity index (χ0n) is 60.4. The molecule has 0 aromatic carbocycles. The zero-order chi connectivity index (χ0) is 64.2. The molecule has 6 nitrogen and oxygen atoms in total. The van der Waals surface area contributed by atoms with Crippen LogP contribution < -0.4 is 5.32 Å². The maximum atomic E-state index is 12.6. The van der Waals surface area contributed by atoms with Crippen molar-refractivity contribution in [2.24, 2.45) is 0 Å². The van der Waals surface area contributed by atoms with Crippen LogP contribution in [0.3, 0.4) is 0 Å². The first-order valence-electron chi connectivity index (χ1n) is 40.8. The number of hydrogen-bond donors (Lipinski definition) is 3. The van der Waals surface area contributed by atoms with Gasteiger partial charge in [-0.25, -0.2) is 0 Å². The van der Waals surface area contributed by atoms with Crippen LogP contribution in [0, 0.1) is 0 Å². The molecule has 2 atom stereocenters. The number of rotatable bonds is 77. The van der Waals surface area contributed by atoms with Crippen LogP contribution in [-0.4, -0.2) is 47.4 Å². The molecule has 3 N–H and O–H groups in total. The van der Waals surface area contributed by atoms with Gasteiger partial charge in [0.2, 0.25) is 5.91 Å². The average molecular weight is 1250 g/mol. The van der Waals surface area contributed by atoms with E-state index in [1.807, 2.05) is 6.08 Å². The Hall–Kier alpha value is -1.92. The second-order valence-corrected chi connectivity index (χ2v) is 28.1. The van der Waals surface area contributed by atoms with Gasteiger partial charge in [0.05, 0.1) is 25.4 Å². The Kier molecular flexibility index (Phi) is 76.8. The van der Waals surface area contributed by atoms with Crippen molar-refractivity contribution < 1.29 is 24.5 Å². The summed E-state index contributed by atoms with van der Waals surface area (Å²) in [6.07, 6.45) is 103. The van der Waals surface area contributed by atoms with Gasteiger partial charge in [-0.1, -0.05) is 397 Å². The molecule has 0 rings (SSSR count). The van der Waals surface area contributed by atoms with E-state index in [0.29, 0.717) is 19.4 Å². The van der Waals surface area contributed by atoms with Crippen molar-refractivity contribution in [3.63, 3.8) is 0 Å². The van der Waals surface area contributed by atoms with E-state index < -0.39 is 12.1 Å². The monoisotopic (exact) mass is 1250 g/mol. The Morgan fingerprint density at radius 3 is 0.798 bits per heavy atom. The van der Waals surface area contributed by atoms with Crippen molar-refractivity contribution in [2.75, 3.05) is 13.2 Å². The van der Waals surface area contributed by atoms with Crippen LogP contribution in [0.2, 0.25) is 0 Å². The molecule has 0 radical (unpaired) electrons. The summed E-state index contributed by atoms with van der Waals surface area (Å²) in [5.74, 6) is -0.0473. The van der Waals surface area contributed by atoms with Crippen molar-refractivity contribution in [3.8, 4) is 0 Å². The van der Waals surface area contributed by atoms with Gasteiger partial charge in [0.1, 0.15) is 0 Å². The predicted octanol–water partition coefficient (Wildman–Crippen LogP) is 27.0. The number of aliphatic hydroxyl groups is 2. The maximum absolute atomic E-state index is 12.6. The number of aliphatic hydroxyl groups excluding tert-OH is 2. The molecule has 0 saturated carbocycles. The van der Waals surface area contributed by atoms with Crippen molar-refractivity contribution in [1.82, 2.24) is 5.32 Å². The highest BCUT2D eigenvalue weighted by atomic mass is 16.5. The molecule has 6 heteroatoms. The fraction of sp³-hybridized carbons (Fsp3) is 0.904. The van der Waals surface area contributed by atoms with Crippen LogP contribution in [0.5, 0.6) is 0 Å². The van der Waals surface area contributed by atoms with Gasteiger partial charge in [0.15, 0.2) is 0 Å². The lowest BCUT2D eigenvalue weighted by Crippen LogP contribution is -2.45. The molecule has 89 heavy (non-hydrogen) atoms. The normalized spacial score (nSPS) is 12.6. The van der Waals surface area contributed by atoms with Crippen molar-refractivity contribution >= 4 is 11.9 Å². The van der Waals surface area contributed by atoms with Gasteiger partial charge in [0, 0.05) is 12.8 Å². The Morgan fingerprint density at radius 1 is 0.303 bits per heavy atom. The summed E-state index contributed by atoms with van der Waals surface area (Å²) in [4.78, 5) is 24.6. The molecule has 0 fully saturated rings. The summed E-state index contributed by atoms with van der Waals surface area (Å²) in [5, 5.41) is 23.3. The molecule has 0 aliphatic heterocycles. The van der Waals surface area contributed by atoms with Crippen molar-refractivity contribution in [3.05, 3.63) is 36.5 Å². The van der Waals surface area contributed by atoms with Gasteiger partial charge in [-0.3, -0.25) is 9.59 Å². The van der Waals surface area contributed by atoms with E-state index in [9.17, 15) is 19.8 Å². The Morgan fingerprint density at radius 2 is 0.528 bits per heavy atom. The van der Waals surface area contributed by atoms with Crippen molar-refractivity contribution in [1.29, 1.82) is 0 Å². The molecule has 0 bridgehead atoms. The van der Waals surface area contributed by atoms with Crippen LogP contribution in [0.15, 0.2) is 36.5 Å². The molecular formula is C83H159NO5. The first-order chi connectivity index (χ1) is 44.0. The fourth-order valence-electron chi connectivity index (χ4n) is 12.9. The molecule has 0 saturated heterocycles. The minimum absolute atomic E-state index is 0.0121. The average Bonchev–Trinajstić information content (AvgIpc) is 3.64. The summed E-state index contributed by atoms with van der Waals surface area (Å²) in [7, 11) is 0. The van der Waals surface area contributed by atoms with E-state index in [-0.39, 0.29) is 18.5 Å². The molecule has 1 amide bonds. The largest absolute Gasteiger partial charge is 0.466 e. The van der Waals surface area contributed by atoms with Gasteiger partial charge < -0.3 is 20.3 Å². The minimum atomic E-state index is -0.844. The van der Waals surface area contributed by atoms with Crippen LogP contribution in [0.1, 0.15) is 457 Å². The van der Waals surface area contributed by atoms with E-state index in [1.54, 1.807) is 6.08 Å². The highest BCUT2D eigenvalue weighted by Gasteiger charge is 2.18. The predicted molar refractivity (Wildman–Crippen MR) is 393 cm³/mol. The number of unbranched alkanes of at least 4 members (excludes halogenated alkanes) is 62. The minimum Gasteiger partial charge on any atom is -0.466 e. The summed E-state index contributed by atoms with van der Waals surface area (Å²) in [6.45, 7) is 4.94. The number of carbonyl (C=O) groups excluding carboxylic acids is 2. The van der Waals surface area contributed by atoms with Gasteiger partial charge in [-0.05, 0) is 83.5 Å². The number of esters is 1. The standard InChI is InChI=1S/C83H159NO5/c1-3-5-7-9-11-13-15-17-19-20-21-22-36-39-42-45-48-51-55-59-63-67-71-75-81(86)80(79-85)84-82(87)76-72-68-64-60-56-52-49-46-43-40-37-34-32-30-28-26-24-23-25-27-29-31-33-35-38-41-44-47-50-54-58-62-66-70-74-78-89-83(88)77-73-69-65-61-57-53-18-16-14-12-10-8-6-4-2/h16,18,25,27,71,75,80-81,85-86H,3-15,17,19-24,26,28-70,72-74,76-79H2,1-2H3,(H,84,87)/b18-16-,27-25-,75-71+. The number of carbonyl (C=O) groups is 2. The van der Waals surface area contributed by atoms with Gasteiger partial charge in [-0.2, -0.15) is 0 Å².